The molecule has 1 saturated heterocycles. The van der Waals surface area contributed by atoms with Crippen LogP contribution in [-0.2, 0) is 14.3 Å². The Hall–Kier alpha value is -0.940. The molecule has 1 unspecified atom stereocenters. The van der Waals surface area contributed by atoms with Gasteiger partial charge in [-0.05, 0) is 26.3 Å². The van der Waals surface area contributed by atoms with Gasteiger partial charge in [0, 0.05) is 26.1 Å². The smallest absolute Gasteiger partial charge is 0.234 e. The number of amides is 1. The molecule has 0 spiro atoms. The highest BCUT2D eigenvalue weighted by molar-refractivity contribution is 5.78. The third kappa shape index (κ3) is 6.68. The average molecular weight is 270 g/mol. The molecule has 1 rings (SSSR count). The van der Waals surface area contributed by atoms with Crippen LogP contribution in [0.4, 0.5) is 0 Å². The highest BCUT2D eigenvalue weighted by atomic mass is 16.5. The Balaban J connectivity index is 2.45. The molecular formula is C14H26N2O3. The van der Waals surface area contributed by atoms with Crippen molar-refractivity contribution in [2.45, 2.75) is 45.1 Å². The molecule has 1 aliphatic rings. The van der Waals surface area contributed by atoms with E-state index in [1.165, 1.54) is 6.42 Å². The van der Waals surface area contributed by atoms with Crippen LogP contribution in [0.3, 0.4) is 0 Å². The van der Waals surface area contributed by atoms with Crippen LogP contribution in [0.1, 0.15) is 39.0 Å². The lowest BCUT2D eigenvalue weighted by molar-refractivity contribution is -0.124. The molecule has 0 bridgehead atoms. The van der Waals surface area contributed by atoms with Crippen molar-refractivity contribution in [1.82, 2.24) is 10.2 Å². The second-order valence-electron chi connectivity index (χ2n) is 5.22. The number of hydrogen-bond donors (Lipinski definition) is 1. The van der Waals surface area contributed by atoms with Crippen molar-refractivity contribution in [2.75, 3.05) is 33.4 Å². The highest BCUT2D eigenvalue weighted by Crippen LogP contribution is 2.19. The number of hydrogen-bond acceptors (Lipinski definition) is 4. The number of rotatable bonds is 7. The molecule has 0 aromatic rings. The number of ketones is 1. The van der Waals surface area contributed by atoms with E-state index in [1.54, 1.807) is 14.0 Å². The third-order valence-corrected chi connectivity index (χ3v) is 3.50. The van der Waals surface area contributed by atoms with Gasteiger partial charge in [-0.3, -0.25) is 14.5 Å². The summed E-state index contributed by atoms with van der Waals surface area (Å²) in [4.78, 5) is 25.3. The zero-order valence-corrected chi connectivity index (χ0v) is 12.1. The summed E-state index contributed by atoms with van der Waals surface area (Å²) in [5.74, 6) is 0.226. The van der Waals surface area contributed by atoms with Gasteiger partial charge in [0.25, 0.3) is 0 Å². The molecule has 5 nitrogen and oxygen atoms in total. The number of nitrogens with zero attached hydrogens (tertiary/aromatic N) is 1. The van der Waals surface area contributed by atoms with E-state index in [0.717, 1.165) is 25.8 Å². The molecule has 0 aromatic heterocycles. The minimum Gasteiger partial charge on any atom is -0.383 e. The predicted molar refractivity (Wildman–Crippen MR) is 74.0 cm³/mol. The lowest BCUT2D eigenvalue weighted by atomic mass is 10.0. The summed E-state index contributed by atoms with van der Waals surface area (Å²) in [6.07, 6.45) is 5.03. The number of carbonyl (C=O) groups excluding carboxylic acids is 2. The Kier molecular flexibility index (Phi) is 7.67. The van der Waals surface area contributed by atoms with Crippen LogP contribution < -0.4 is 5.32 Å². The zero-order chi connectivity index (χ0) is 14.1. The Morgan fingerprint density at radius 1 is 1.32 bits per heavy atom. The summed E-state index contributed by atoms with van der Waals surface area (Å²) in [6.45, 7) is 4.00. The minimum absolute atomic E-state index is 0.0208. The van der Waals surface area contributed by atoms with E-state index in [1.807, 2.05) is 0 Å². The fourth-order valence-corrected chi connectivity index (χ4v) is 2.54. The van der Waals surface area contributed by atoms with Crippen LogP contribution in [-0.4, -0.2) is 56.0 Å². The molecule has 0 aliphatic carbocycles. The molecule has 1 N–H and O–H groups in total. The number of carbonyl (C=O) groups is 2. The van der Waals surface area contributed by atoms with Crippen molar-refractivity contribution in [3.8, 4) is 0 Å². The number of likely N-dealkylation sites (tertiary alicyclic amines) is 1. The van der Waals surface area contributed by atoms with Gasteiger partial charge in [0.15, 0.2) is 0 Å². The van der Waals surface area contributed by atoms with Crippen molar-refractivity contribution in [3.63, 3.8) is 0 Å². The standard InChI is InChI=1S/C14H26N2O3/c1-12(17)10-13-6-4-3-5-8-16(13)11-14(18)15-7-9-19-2/h13H,3-11H2,1-2H3,(H,15,18). The largest absolute Gasteiger partial charge is 0.383 e. The molecule has 0 radical (unpaired) electrons. The van der Waals surface area contributed by atoms with E-state index in [0.29, 0.717) is 26.1 Å². The molecule has 0 saturated carbocycles. The van der Waals surface area contributed by atoms with Crippen LogP contribution in [0.15, 0.2) is 0 Å². The Morgan fingerprint density at radius 3 is 2.79 bits per heavy atom. The van der Waals surface area contributed by atoms with E-state index in [2.05, 4.69) is 10.2 Å². The average Bonchev–Trinajstić information content (AvgIpc) is 2.55. The van der Waals surface area contributed by atoms with Gasteiger partial charge in [-0.25, -0.2) is 0 Å². The van der Waals surface area contributed by atoms with Gasteiger partial charge in [0.05, 0.1) is 13.2 Å². The second-order valence-corrected chi connectivity index (χ2v) is 5.22. The molecular weight excluding hydrogens is 244 g/mol. The van der Waals surface area contributed by atoms with Gasteiger partial charge in [-0.1, -0.05) is 12.8 Å². The Morgan fingerprint density at radius 2 is 2.11 bits per heavy atom. The van der Waals surface area contributed by atoms with Crippen molar-refractivity contribution in [1.29, 1.82) is 0 Å². The fourth-order valence-electron chi connectivity index (χ4n) is 2.54. The van der Waals surface area contributed by atoms with E-state index in [-0.39, 0.29) is 17.7 Å². The van der Waals surface area contributed by atoms with E-state index < -0.39 is 0 Å². The lowest BCUT2D eigenvalue weighted by Gasteiger charge is -2.28. The number of ether oxygens (including phenoxy) is 1. The predicted octanol–water partition coefficient (Wildman–Crippen LogP) is 0.973. The number of nitrogens with one attached hydrogen (secondary N) is 1. The summed E-state index contributed by atoms with van der Waals surface area (Å²) in [5.41, 5.74) is 0. The summed E-state index contributed by atoms with van der Waals surface area (Å²) in [7, 11) is 1.61. The van der Waals surface area contributed by atoms with Crippen molar-refractivity contribution >= 4 is 11.7 Å². The Labute approximate surface area is 115 Å². The summed E-state index contributed by atoms with van der Waals surface area (Å²) < 4.78 is 4.90. The quantitative estimate of drug-likeness (QED) is 0.700. The fraction of sp³-hybridized carbons (Fsp3) is 0.857. The summed E-state index contributed by atoms with van der Waals surface area (Å²) in [6, 6.07) is 0.230. The third-order valence-electron chi connectivity index (χ3n) is 3.50. The molecule has 1 amide bonds. The monoisotopic (exact) mass is 270 g/mol. The molecule has 19 heavy (non-hydrogen) atoms. The molecule has 5 heteroatoms. The normalized spacial score (nSPS) is 20.8. The van der Waals surface area contributed by atoms with Crippen LogP contribution in [0.25, 0.3) is 0 Å². The SMILES string of the molecule is COCCNC(=O)CN1CCCCCC1CC(C)=O. The highest BCUT2D eigenvalue weighted by Gasteiger charge is 2.23. The van der Waals surface area contributed by atoms with Gasteiger partial charge < -0.3 is 10.1 Å². The van der Waals surface area contributed by atoms with Crippen molar-refractivity contribution < 1.29 is 14.3 Å². The van der Waals surface area contributed by atoms with Gasteiger partial charge in [0.1, 0.15) is 5.78 Å². The first-order valence-electron chi connectivity index (χ1n) is 7.12. The van der Waals surface area contributed by atoms with Gasteiger partial charge >= 0.3 is 0 Å². The molecule has 1 fully saturated rings. The first-order chi connectivity index (χ1) is 9.13. The maximum atomic E-state index is 11.8. The van der Waals surface area contributed by atoms with Crippen LogP contribution in [0.5, 0.6) is 0 Å². The minimum atomic E-state index is 0.0208. The van der Waals surface area contributed by atoms with Crippen LogP contribution in [0, 0.1) is 0 Å². The molecule has 1 heterocycles. The van der Waals surface area contributed by atoms with Crippen LogP contribution in [0.2, 0.25) is 0 Å². The molecule has 1 aliphatic heterocycles. The van der Waals surface area contributed by atoms with Crippen LogP contribution >= 0.6 is 0 Å². The van der Waals surface area contributed by atoms with E-state index in [4.69, 9.17) is 4.74 Å². The first kappa shape index (κ1) is 16.1. The van der Waals surface area contributed by atoms with Crippen molar-refractivity contribution in [2.24, 2.45) is 0 Å². The number of Topliss-reactive ketones (excluding diaryl/α,β-unsaturated/α-hetero) is 1. The van der Waals surface area contributed by atoms with Gasteiger partial charge in [0.2, 0.25) is 5.91 Å². The molecule has 0 aromatic carbocycles. The van der Waals surface area contributed by atoms with E-state index >= 15 is 0 Å². The zero-order valence-electron chi connectivity index (χ0n) is 12.1. The number of methoxy groups -OCH3 is 1. The lowest BCUT2D eigenvalue weighted by Crippen LogP contribution is -2.44. The first-order valence-corrected chi connectivity index (χ1v) is 7.12. The van der Waals surface area contributed by atoms with Gasteiger partial charge in [-0.15, -0.1) is 0 Å². The Bertz CT molecular complexity index is 294. The van der Waals surface area contributed by atoms with E-state index in [9.17, 15) is 9.59 Å². The maximum Gasteiger partial charge on any atom is 0.234 e. The molecule has 1 atom stereocenters. The summed E-state index contributed by atoms with van der Waals surface area (Å²) in [5, 5.41) is 2.83. The molecule has 110 valence electrons. The van der Waals surface area contributed by atoms with Crippen molar-refractivity contribution in [3.05, 3.63) is 0 Å². The van der Waals surface area contributed by atoms with Gasteiger partial charge in [-0.2, -0.15) is 0 Å². The maximum absolute atomic E-state index is 11.8. The topological polar surface area (TPSA) is 58.6 Å². The summed E-state index contributed by atoms with van der Waals surface area (Å²) >= 11 is 0. The second kappa shape index (κ2) is 9.04.